The molecule has 1 aliphatic heterocycles. The van der Waals surface area contributed by atoms with Gasteiger partial charge in [-0.15, -0.1) is 0 Å². The van der Waals surface area contributed by atoms with Gasteiger partial charge < -0.3 is 4.74 Å². The maximum atomic E-state index is 5.40. The van der Waals surface area contributed by atoms with E-state index in [1.165, 1.54) is 11.1 Å². The lowest BCUT2D eigenvalue weighted by molar-refractivity contribution is 0.0799. The molecule has 1 unspecified atom stereocenters. The molecule has 1 heterocycles. The van der Waals surface area contributed by atoms with Crippen LogP contribution in [-0.4, -0.2) is 12.7 Å². The molecule has 0 aromatic heterocycles. The quantitative estimate of drug-likeness (QED) is 0.452. The first-order chi connectivity index (χ1) is 4.22. The second kappa shape index (κ2) is 2.53. The smallest absolute Gasteiger partial charge is 0.0756 e. The third-order valence-corrected chi connectivity index (χ3v) is 2.13. The van der Waals surface area contributed by atoms with Crippen LogP contribution in [0.25, 0.3) is 0 Å². The highest BCUT2D eigenvalue weighted by Crippen LogP contribution is 2.19. The third-order valence-electron chi connectivity index (χ3n) is 2.13. The molecule has 9 heavy (non-hydrogen) atoms. The Kier molecular flexibility index (Phi) is 1.91. The Labute approximate surface area is 56.7 Å². The van der Waals surface area contributed by atoms with Gasteiger partial charge in [0, 0.05) is 0 Å². The molecule has 0 aliphatic carbocycles. The van der Waals surface area contributed by atoms with Crippen LogP contribution in [0.5, 0.6) is 0 Å². The predicted octanol–water partition coefficient (Wildman–Crippen LogP) is 2.13. The third kappa shape index (κ3) is 1.33. The minimum atomic E-state index is 0.360. The van der Waals surface area contributed by atoms with Crippen LogP contribution in [0.2, 0.25) is 0 Å². The van der Waals surface area contributed by atoms with Gasteiger partial charge in [0.25, 0.3) is 0 Å². The summed E-state index contributed by atoms with van der Waals surface area (Å²) in [7, 11) is 0. The first kappa shape index (κ1) is 6.81. The molecule has 0 radical (unpaired) electrons. The highest BCUT2D eigenvalue weighted by Gasteiger charge is 2.12. The van der Waals surface area contributed by atoms with E-state index in [1.807, 2.05) is 0 Å². The topological polar surface area (TPSA) is 9.23 Å². The first-order valence-electron chi connectivity index (χ1n) is 3.49. The Balaban J connectivity index is 2.72. The van der Waals surface area contributed by atoms with E-state index in [9.17, 15) is 0 Å². The minimum Gasteiger partial charge on any atom is -0.374 e. The lowest BCUT2D eigenvalue weighted by Crippen LogP contribution is -2.17. The minimum absolute atomic E-state index is 0.360. The van der Waals surface area contributed by atoms with E-state index in [-0.39, 0.29) is 0 Å². The molecular formula is C8H14O. The summed E-state index contributed by atoms with van der Waals surface area (Å²) in [4.78, 5) is 0. The van der Waals surface area contributed by atoms with E-state index in [0.29, 0.717) is 6.10 Å². The fraction of sp³-hybridized carbons (Fsp3) is 0.750. The average molecular weight is 126 g/mol. The molecule has 0 amide bonds. The molecule has 1 aliphatic rings. The monoisotopic (exact) mass is 126 g/mol. The molecule has 52 valence electrons. The van der Waals surface area contributed by atoms with E-state index in [4.69, 9.17) is 4.74 Å². The van der Waals surface area contributed by atoms with Gasteiger partial charge in [-0.05, 0) is 32.8 Å². The largest absolute Gasteiger partial charge is 0.374 e. The molecular weight excluding hydrogens is 112 g/mol. The summed E-state index contributed by atoms with van der Waals surface area (Å²) in [6.07, 6.45) is 1.48. The van der Waals surface area contributed by atoms with E-state index >= 15 is 0 Å². The van der Waals surface area contributed by atoms with Gasteiger partial charge in [-0.25, -0.2) is 0 Å². The summed E-state index contributed by atoms with van der Waals surface area (Å²) in [5.41, 5.74) is 2.93. The van der Waals surface area contributed by atoms with Crippen LogP contribution >= 0.6 is 0 Å². The highest BCUT2D eigenvalue weighted by atomic mass is 16.5. The highest BCUT2D eigenvalue weighted by molar-refractivity contribution is 5.15. The number of ether oxygens (including phenoxy) is 1. The Hall–Kier alpha value is -0.300. The zero-order valence-corrected chi connectivity index (χ0v) is 6.40. The number of hydrogen-bond donors (Lipinski definition) is 0. The van der Waals surface area contributed by atoms with Crippen LogP contribution in [0.3, 0.4) is 0 Å². The Bertz CT molecular complexity index is 136. The molecule has 1 atom stereocenters. The van der Waals surface area contributed by atoms with Crippen molar-refractivity contribution in [3.63, 3.8) is 0 Å². The molecule has 0 bridgehead atoms. The van der Waals surface area contributed by atoms with Gasteiger partial charge in [-0.1, -0.05) is 5.57 Å². The Morgan fingerprint density at radius 3 is 2.56 bits per heavy atom. The molecule has 0 aromatic carbocycles. The van der Waals surface area contributed by atoms with Crippen LogP contribution in [0.15, 0.2) is 11.1 Å². The summed E-state index contributed by atoms with van der Waals surface area (Å²) in [5, 5.41) is 0. The molecule has 0 fully saturated rings. The molecule has 0 saturated carbocycles. The SMILES string of the molecule is CC1=C(C)C(C)OCC1. The second-order valence-corrected chi connectivity index (χ2v) is 2.73. The lowest BCUT2D eigenvalue weighted by Gasteiger charge is -2.21. The molecule has 0 aromatic rings. The van der Waals surface area contributed by atoms with Gasteiger partial charge in [0.15, 0.2) is 0 Å². The van der Waals surface area contributed by atoms with Crippen molar-refractivity contribution in [1.29, 1.82) is 0 Å². The van der Waals surface area contributed by atoms with E-state index in [2.05, 4.69) is 20.8 Å². The van der Waals surface area contributed by atoms with Crippen LogP contribution in [0.1, 0.15) is 27.2 Å². The average Bonchev–Trinajstić information content (AvgIpc) is 1.83. The summed E-state index contributed by atoms with van der Waals surface area (Å²) in [6.45, 7) is 7.36. The molecule has 1 heteroatoms. The fourth-order valence-corrected chi connectivity index (χ4v) is 1.06. The van der Waals surface area contributed by atoms with E-state index in [0.717, 1.165) is 13.0 Å². The zero-order valence-electron chi connectivity index (χ0n) is 6.40. The lowest BCUT2D eigenvalue weighted by atomic mass is 10.0. The van der Waals surface area contributed by atoms with E-state index in [1.54, 1.807) is 0 Å². The number of rotatable bonds is 0. The summed E-state index contributed by atoms with van der Waals surface area (Å²) in [5.74, 6) is 0. The second-order valence-electron chi connectivity index (χ2n) is 2.73. The van der Waals surface area contributed by atoms with Crippen LogP contribution in [-0.2, 0) is 4.74 Å². The first-order valence-corrected chi connectivity index (χ1v) is 3.49. The van der Waals surface area contributed by atoms with Crippen molar-refractivity contribution in [2.24, 2.45) is 0 Å². The van der Waals surface area contributed by atoms with Gasteiger partial charge >= 0.3 is 0 Å². The summed E-state index contributed by atoms with van der Waals surface area (Å²) >= 11 is 0. The van der Waals surface area contributed by atoms with Crippen molar-refractivity contribution < 1.29 is 4.74 Å². The van der Waals surface area contributed by atoms with Crippen molar-refractivity contribution in [3.05, 3.63) is 11.1 Å². The maximum Gasteiger partial charge on any atom is 0.0756 e. The van der Waals surface area contributed by atoms with Crippen molar-refractivity contribution in [2.75, 3.05) is 6.61 Å². The van der Waals surface area contributed by atoms with Gasteiger partial charge in [0.2, 0.25) is 0 Å². The normalized spacial score (nSPS) is 29.0. The molecule has 0 N–H and O–H groups in total. The fourth-order valence-electron chi connectivity index (χ4n) is 1.06. The standard InChI is InChI=1S/C8H14O/c1-6-4-5-9-8(3)7(6)2/h8H,4-5H2,1-3H3. The van der Waals surface area contributed by atoms with Gasteiger partial charge in [-0.2, -0.15) is 0 Å². The van der Waals surface area contributed by atoms with Crippen molar-refractivity contribution in [2.45, 2.75) is 33.3 Å². The van der Waals surface area contributed by atoms with Crippen molar-refractivity contribution >= 4 is 0 Å². The van der Waals surface area contributed by atoms with Crippen LogP contribution in [0.4, 0.5) is 0 Å². The zero-order chi connectivity index (χ0) is 6.85. The van der Waals surface area contributed by atoms with Crippen LogP contribution < -0.4 is 0 Å². The molecule has 1 nitrogen and oxygen atoms in total. The number of hydrogen-bond acceptors (Lipinski definition) is 1. The van der Waals surface area contributed by atoms with Crippen molar-refractivity contribution in [3.8, 4) is 0 Å². The van der Waals surface area contributed by atoms with Crippen LogP contribution in [0, 0.1) is 0 Å². The molecule has 1 rings (SSSR count). The molecule has 0 spiro atoms. The van der Waals surface area contributed by atoms with Gasteiger partial charge in [0.05, 0.1) is 12.7 Å². The predicted molar refractivity (Wildman–Crippen MR) is 38.4 cm³/mol. The van der Waals surface area contributed by atoms with Gasteiger partial charge in [0.1, 0.15) is 0 Å². The van der Waals surface area contributed by atoms with Crippen molar-refractivity contribution in [1.82, 2.24) is 0 Å². The molecule has 0 saturated heterocycles. The summed E-state index contributed by atoms with van der Waals surface area (Å²) in [6, 6.07) is 0. The Morgan fingerprint density at radius 2 is 2.11 bits per heavy atom. The van der Waals surface area contributed by atoms with Gasteiger partial charge in [-0.3, -0.25) is 0 Å². The summed E-state index contributed by atoms with van der Waals surface area (Å²) < 4.78 is 5.40. The van der Waals surface area contributed by atoms with E-state index < -0.39 is 0 Å². The Morgan fingerprint density at radius 1 is 1.44 bits per heavy atom. The maximum absolute atomic E-state index is 5.40.